The number of ether oxygens (including phenoxy) is 1. The van der Waals surface area contributed by atoms with Gasteiger partial charge < -0.3 is 4.74 Å². The van der Waals surface area contributed by atoms with E-state index in [1.165, 1.54) is 42.0 Å². The third kappa shape index (κ3) is 2.80. The SMILES string of the molecule is COC(=O)C1=C(C)N=C2S[C@H](C)C(=O)N2[C@@H]1c1cccc([N+](=O)[O-])c1. The minimum atomic E-state index is -0.801. The summed E-state index contributed by atoms with van der Waals surface area (Å²) in [4.78, 5) is 41.3. The summed E-state index contributed by atoms with van der Waals surface area (Å²) in [6.45, 7) is 3.42. The van der Waals surface area contributed by atoms with Crippen molar-refractivity contribution in [2.24, 2.45) is 4.99 Å². The van der Waals surface area contributed by atoms with Crippen LogP contribution in [0.5, 0.6) is 0 Å². The number of methoxy groups -OCH3 is 1. The van der Waals surface area contributed by atoms with Crippen LogP contribution in [-0.4, -0.2) is 39.2 Å². The van der Waals surface area contributed by atoms with E-state index in [1.54, 1.807) is 19.9 Å². The first-order valence-corrected chi connectivity index (χ1v) is 8.35. The number of fused-ring (bicyclic) bond motifs is 1. The van der Waals surface area contributed by atoms with E-state index in [2.05, 4.69) is 4.99 Å². The largest absolute Gasteiger partial charge is 0.466 e. The minimum Gasteiger partial charge on any atom is -0.466 e. The topological polar surface area (TPSA) is 102 Å². The molecule has 0 aliphatic carbocycles. The number of nitro benzene ring substituents is 1. The molecular weight excluding hydrogens is 346 g/mol. The summed E-state index contributed by atoms with van der Waals surface area (Å²) in [7, 11) is 1.25. The van der Waals surface area contributed by atoms with E-state index in [0.29, 0.717) is 16.4 Å². The Balaban J connectivity index is 2.20. The van der Waals surface area contributed by atoms with E-state index >= 15 is 0 Å². The van der Waals surface area contributed by atoms with Crippen molar-refractivity contribution >= 4 is 34.5 Å². The highest BCUT2D eigenvalue weighted by Gasteiger charge is 2.46. The molecule has 0 N–H and O–H groups in total. The molecule has 8 nitrogen and oxygen atoms in total. The summed E-state index contributed by atoms with van der Waals surface area (Å²) in [6.07, 6.45) is 0. The van der Waals surface area contributed by atoms with Gasteiger partial charge in [-0.05, 0) is 19.4 Å². The Morgan fingerprint density at radius 3 is 2.80 bits per heavy atom. The fourth-order valence-corrected chi connectivity index (χ4v) is 3.93. The Hall–Kier alpha value is -2.68. The lowest BCUT2D eigenvalue weighted by atomic mass is 9.94. The van der Waals surface area contributed by atoms with Crippen LogP contribution in [0.25, 0.3) is 0 Å². The standard InChI is InChI=1S/C16H15N3O5S/c1-8-12(15(21)24-3)13(10-5-4-6-11(7-10)19(22)23)18-14(20)9(2)25-16(18)17-8/h4-7,9,13H,1-3H3/t9-,13-/m1/s1. The highest BCUT2D eigenvalue weighted by Crippen LogP contribution is 2.43. The zero-order valence-corrected chi connectivity index (χ0v) is 14.6. The lowest BCUT2D eigenvalue weighted by molar-refractivity contribution is -0.384. The fraction of sp³-hybridized carbons (Fsp3) is 0.312. The number of thioether (sulfide) groups is 1. The molecule has 0 unspecified atom stereocenters. The predicted molar refractivity (Wildman–Crippen MR) is 91.9 cm³/mol. The summed E-state index contributed by atoms with van der Waals surface area (Å²) in [5.74, 6) is -0.816. The Bertz CT molecular complexity index is 848. The maximum atomic E-state index is 12.6. The number of hydrogen-bond donors (Lipinski definition) is 0. The zero-order chi connectivity index (χ0) is 18.3. The number of nitro groups is 1. The molecule has 0 aromatic heterocycles. The summed E-state index contributed by atoms with van der Waals surface area (Å²) >= 11 is 1.30. The number of benzene rings is 1. The number of nitrogens with zero attached hydrogens (tertiary/aromatic N) is 3. The first-order chi connectivity index (χ1) is 11.8. The zero-order valence-electron chi connectivity index (χ0n) is 13.8. The van der Waals surface area contributed by atoms with E-state index in [4.69, 9.17) is 4.74 Å². The number of amidine groups is 1. The second kappa shape index (κ2) is 6.32. The van der Waals surface area contributed by atoms with Gasteiger partial charge in [0.15, 0.2) is 5.17 Å². The number of allylic oxidation sites excluding steroid dienone is 1. The number of esters is 1. The molecule has 9 heteroatoms. The van der Waals surface area contributed by atoms with Crippen molar-refractivity contribution in [3.8, 4) is 0 Å². The van der Waals surface area contributed by atoms with Gasteiger partial charge in [-0.2, -0.15) is 0 Å². The van der Waals surface area contributed by atoms with Gasteiger partial charge in [-0.25, -0.2) is 9.79 Å². The summed E-state index contributed by atoms with van der Waals surface area (Å²) in [5, 5.41) is 11.3. The number of carbonyl (C=O) groups is 2. The van der Waals surface area contributed by atoms with E-state index in [0.717, 1.165) is 0 Å². The van der Waals surface area contributed by atoms with Crippen molar-refractivity contribution < 1.29 is 19.2 Å². The van der Waals surface area contributed by atoms with Crippen molar-refractivity contribution in [3.05, 3.63) is 51.2 Å². The quantitative estimate of drug-likeness (QED) is 0.465. The minimum absolute atomic E-state index is 0.115. The van der Waals surface area contributed by atoms with Gasteiger partial charge in [-0.15, -0.1) is 0 Å². The number of aliphatic imine (C=N–C) groups is 1. The van der Waals surface area contributed by atoms with Crippen molar-refractivity contribution in [2.45, 2.75) is 25.1 Å². The number of non-ortho nitro benzene ring substituents is 1. The van der Waals surface area contributed by atoms with Gasteiger partial charge in [0.2, 0.25) is 5.91 Å². The van der Waals surface area contributed by atoms with E-state index in [-0.39, 0.29) is 22.4 Å². The van der Waals surface area contributed by atoms with E-state index in [1.807, 2.05) is 0 Å². The molecule has 1 fully saturated rings. The molecule has 0 spiro atoms. The molecule has 2 atom stereocenters. The molecule has 25 heavy (non-hydrogen) atoms. The molecule has 1 aromatic carbocycles. The van der Waals surface area contributed by atoms with Crippen LogP contribution < -0.4 is 0 Å². The maximum Gasteiger partial charge on any atom is 0.338 e. The van der Waals surface area contributed by atoms with E-state index < -0.39 is 16.9 Å². The lowest BCUT2D eigenvalue weighted by Crippen LogP contribution is -2.40. The average Bonchev–Trinajstić information content (AvgIpc) is 2.87. The molecule has 0 radical (unpaired) electrons. The van der Waals surface area contributed by atoms with Crippen LogP contribution in [0, 0.1) is 10.1 Å². The van der Waals surface area contributed by atoms with Gasteiger partial charge >= 0.3 is 5.97 Å². The lowest BCUT2D eigenvalue weighted by Gasteiger charge is -2.32. The van der Waals surface area contributed by atoms with Gasteiger partial charge in [0.05, 0.1) is 34.6 Å². The molecule has 2 aliphatic heterocycles. The van der Waals surface area contributed by atoms with Crippen LogP contribution in [0.3, 0.4) is 0 Å². The van der Waals surface area contributed by atoms with Gasteiger partial charge in [-0.1, -0.05) is 23.9 Å². The maximum absolute atomic E-state index is 12.6. The first kappa shape index (κ1) is 17.2. The monoisotopic (exact) mass is 361 g/mol. The molecule has 0 bridgehead atoms. The molecule has 1 amide bonds. The molecule has 2 aliphatic rings. The smallest absolute Gasteiger partial charge is 0.338 e. The highest BCUT2D eigenvalue weighted by molar-refractivity contribution is 8.15. The molecule has 2 heterocycles. The number of carbonyl (C=O) groups excluding carboxylic acids is 2. The highest BCUT2D eigenvalue weighted by atomic mass is 32.2. The van der Waals surface area contributed by atoms with Crippen LogP contribution in [0.15, 0.2) is 40.5 Å². The Morgan fingerprint density at radius 1 is 1.44 bits per heavy atom. The number of rotatable bonds is 3. The Morgan fingerprint density at radius 2 is 2.16 bits per heavy atom. The van der Waals surface area contributed by atoms with Crippen LogP contribution in [0.4, 0.5) is 5.69 Å². The van der Waals surface area contributed by atoms with Gasteiger partial charge in [-0.3, -0.25) is 19.8 Å². The third-order valence-corrected chi connectivity index (χ3v) is 5.11. The summed E-state index contributed by atoms with van der Waals surface area (Å²) in [5.41, 5.74) is 0.985. The van der Waals surface area contributed by atoms with Gasteiger partial charge in [0, 0.05) is 12.1 Å². The molecule has 0 saturated carbocycles. The molecule has 1 aromatic rings. The number of hydrogen-bond acceptors (Lipinski definition) is 7. The van der Waals surface area contributed by atoms with Crippen molar-refractivity contribution in [2.75, 3.05) is 7.11 Å². The van der Waals surface area contributed by atoms with Crippen LogP contribution in [0.1, 0.15) is 25.5 Å². The Kier molecular flexibility index (Phi) is 4.34. The van der Waals surface area contributed by atoms with E-state index in [9.17, 15) is 19.7 Å². The summed E-state index contributed by atoms with van der Waals surface area (Å²) < 4.78 is 4.86. The van der Waals surface area contributed by atoms with Crippen LogP contribution in [-0.2, 0) is 14.3 Å². The summed E-state index contributed by atoms with van der Waals surface area (Å²) in [6, 6.07) is 5.10. The molecule has 130 valence electrons. The van der Waals surface area contributed by atoms with Crippen LogP contribution in [0.2, 0.25) is 0 Å². The van der Waals surface area contributed by atoms with Crippen molar-refractivity contribution in [1.82, 2.24) is 4.90 Å². The normalized spacial score (nSPS) is 22.6. The fourth-order valence-electron chi connectivity index (χ4n) is 2.90. The second-order valence-electron chi connectivity index (χ2n) is 5.61. The molecule has 3 rings (SSSR count). The number of amides is 1. The van der Waals surface area contributed by atoms with Crippen LogP contribution >= 0.6 is 11.8 Å². The average molecular weight is 361 g/mol. The molecule has 1 saturated heterocycles. The third-order valence-electron chi connectivity index (χ3n) is 4.06. The van der Waals surface area contributed by atoms with Gasteiger partial charge in [0.25, 0.3) is 5.69 Å². The predicted octanol–water partition coefficient (Wildman–Crippen LogP) is 2.42. The second-order valence-corrected chi connectivity index (χ2v) is 6.92. The van der Waals surface area contributed by atoms with Gasteiger partial charge in [0.1, 0.15) is 0 Å². The van der Waals surface area contributed by atoms with Crippen molar-refractivity contribution in [1.29, 1.82) is 0 Å². The first-order valence-electron chi connectivity index (χ1n) is 7.47. The Labute approximate surface area is 147 Å². The van der Waals surface area contributed by atoms with Crippen molar-refractivity contribution in [3.63, 3.8) is 0 Å². The molecular formula is C16H15N3O5S.